The van der Waals surface area contributed by atoms with Crippen molar-refractivity contribution in [3.05, 3.63) is 87.7 Å². The Kier molecular flexibility index (Phi) is 7.43. The first-order valence-electron chi connectivity index (χ1n) is 9.63. The summed E-state index contributed by atoms with van der Waals surface area (Å²) in [5, 5.41) is 7.03. The minimum absolute atomic E-state index is 0.307. The molecule has 0 aliphatic carbocycles. The van der Waals surface area contributed by atoms with Crippen molar-refractivity contribution >= 4 is 21.9 Å². The van der Waals surface area contributed by atoms with Crippen LogP contribution in [0.5, 0.6) is 0 Å². The molecule has 1 heterocycles. The Morgan fingerprint density at radius 3 is 2.43 bits per heavy atom. The van der Waals surface area contributed by atoms with Crippen molar-refractivity contribution in [2.75, 3.05) is 6.61 Å². The van der Waals surface area contributed by atoms with E-state index in [2.05, 4.69) is 74.7 Å². The van der Waals surface area contributed by atoms with Crippen LogP contribution in [0.3, 0.4) is 0 Å². The van der Waals surface area contributed by atoms with Gasteiger partial charge in [0, 0.05) is 10.2 Å². The molecule has 3 rings (SSSR count). The highest BCUT2D eigenvalue weighted by molar-refractivity contribution is 9.10. The second-order valence-corrected chi connectivity index (χ2v) is 7.82. The molecule has 0 amide bonds. The number of hydrogen-bond donors (Lipinski definition) is 1. The second-order valence-electron chi connectivity index (χ2n) is 6.91. The lowest BCUT2D eigenvalue weighted by molar-refractivity contribution is 0.0525. The number of aromatic nitrogens is 2. The molecule has 4 nitrogen and oxygen atoms in total. The van der Waals surface area contributed by atoms with Gasteiger partial charge in [-0.2, -0.15) is 5.10 Å². The van der Waals surface area contributed by atoms with Gasteiger partial charge in [0.25, 0.3) is 0 Å². The van der Waals surface area contributed by atoms with Gasteiger partial charge in [0.1, 0.15) is 5.56 Å². The summed E-state index contributed by atoms with van der Waals surface area (Å²) in [7, 11) is 0. The Morgan fingerprint density at radius 2 is 1.75 bits per heavy atom. The van der Waals surface area contributed by atoms with E-state index >= 15 is 0 Å². The zero-order valence-electron chi connectivity index (χ0n) is 16.0. The van der Waals surface area contributed by atoms with Gasteiger partial charge in [-0.25, -0.2) is 4.79 Å². The predicted octanol–water partition coefficient (Wildman–Crippen LogP) is 5.38. The van der Waals surface area contributed by atoms with Gasteiger partial charge in [0.15, 0.2) is 0 Å². The number of halogens is 1. The van der Waals surface area contributed by atoms with Crippen LogP contribution in [0.2, 0.25) is 0 Å². The van der Waals surface area contributed by atoms with Crippen LogP contribution < -0.4 is 0 Å². The summed E-state index contributed by atoms with van der Waals surface area (Å²) in [5.74, 6) is 0.153. The van der Waals surface area contributed by atoms with E-state index in [4.69, 9.17) is 4.74 Å². The fourth-order valence-electron chi connectivity index (χ4n) is 3.41. The first kappa shape index (κ1) is 20.3. The highest BCUT2D eigenvalue weighted by atomic mass is 79.9. The van der Waals surface area contributed by atoms with E-state index in [0.717, 1.165) is 35.8 Å². The lowest BCUT2D eigenvalue weighted by Crippen LogP contribution is -2.12. The van der Waals surface area contributed by atoms with Gasteiger partial charge in [-0.05, 0) is 61.8 Å². The van der Waals surface area contributed by atoms with Gasteiger partial charge in [-0.3, -0.25) is 5.10 Å². The Morgan fingerprint density at radius 1 is 1.07 bits per heavy atom. The number of aryl methyl sites for hydroxylation is 1. The molecule has 0 spiro atoms. The van der Waals surface area contributed by atoms with Crippen LogP contribution in [0.1, 0.15) is 40.5 Å². The van der Waals surface area contributed by atoms with E-state index in [9.17, 15) is 4.79 Å². The number of carbonyl (C=O) groups is 1. The Hall–Kier alpha value is -2.40. The molecule has 1 N–H and O–H groups in total. The number of carbonyl (C=O) groups excluding carboxylic acids is 1. The molecule has 146 valence electrons. The van der Waals surface area contributed by atoms with Crippen LogP contribution in [-0.4, -0.2) is 22.8 Å². The molecule has 28 heavy (non-hydrogen) atoms. The molecule has 2 aromatic carbocycles. The van der Waals surface area contributed by atoms with Gasteiger partial charge in [-0.15, -0.1) is 0 Å². The van der Waals surface area contributed by atoms with E-state index < -0.39 is 0 Å². The molecular formula is C23H25BrN2O2. The number of nitrogens with one attached hydrogen (secondary N) is 1. The van der Waals surface area contributed by atoms with E-state index in [1.165, 1.54) is 11.1 Å². The van der Waals surface area contributed by atoms with Crippen LogP contribution in [0, 0.1) is 5.92 Å². The normalized spacial score (nSPS) is 11.9. The lowest BCUT2D eigenvalue weighted by Gasteiger charge is -2.17. The molecule has 0 fully saturated rings. The van der Waals surface area contributed by atoms with Crippen molar-refractivity contribution in [1.29, 1.82) is 0 Å². The van der Waals surface area contributed by atoms with Gasteiger partial charge in [-0.1, -0.05) is 58.4 Å². The van der Waals surface area contributed by atoms with Gasteiger partial charge < -0.3 is 4.74 Å². The maximum absolute atomic E-state index is 12.1. The van der Waals surface area contributed by atoms with Crippen LogP contribution in [0.15, 0.2) is 65.3 Å². The zero-order valence-corrected chi connectivity index (χ0v) is 17.6. The summed E-state index contributed by atoms with van der Waals surface area (Å²) < 4.78 is 6.22. The van der Waals surface area contributed by atoms with E-state index in [0.29, 0.717) is 18.1 Å². The van der Waals surface area contributed by atoms with Crippen molar-refractivity contribution in [2.24, 2.45) is 5.92 Å². The molecule has 3 aromatic rings. The third-order valence-corrected chi connectivity index (χ3v) is 5.35. The monoisotopic (exact) mass is 440 g/mol. The standard InChI is InChI=1S/C23H25BrN2O2/c1-2-28-23(27)21-16-25-26-22(21)13-10-19(14-17-6-4-3-5-7-17)15-18-8-11-20(24)12-9-18/h3-9,11-12,16,19H,2,10,13-15H2,1H3,(H,25,26). The van der Waals surface area contributed by atoms with Gasteiger partial charge >= 0.3 is 5.97 Å². The molecule has 1 atom stereocenters. The number of aromatic amines is 1. The molecule has 0 radical (unpaired) electrons. The van der Waals surface area contributed by atoms with Crippen molar-refractivity contribution in [3.8, 4) is 0 Å². The van der Waals surface area contributed by atoms with Crippen LogP contribution >= 0.6 is 15.9 Å². The highest BCUT2D eigenvalue weighted by Crippen LogP contribution is 2.22. The summed E-state index contributed by atoms with van der Waals surface area (Å²) in [4.78, 5) is 12.1. The first-order chi connectivity index (χ1) is 13.7. The van der Waals surface area contributed by atoms with Crippen molar-refractivity contribution in [2.45, 2.75) is 32.6 Å². The van der Waals surface area contributed by atoms with Crippen LogP contribution in [-0.2, 0) is 24.0 Å². The number of benzene rings is 2. The molecule has 0 aliphatic rings. The summed E-state index contributed by atoms with van der Waals surface area (Å²) in [5.41, 5.74) is 4.05. The Balaban J connectivity index is 1.71. The first-order valence-corrected chi connectivity index (χ1v) is 10.4. The quantitative estimate of drug-likeness (QED) is 0.454. The van der Waals surface area contributed by atoms with Crippen LogP contribution in [0.25, 0.3) is 0 Å². The smallest absolute Gasteiger partial charge is 0.341 e. The third kappa shape index (κ3) is 5.80. The zero-order chi connectivity index (χ0) is 19.8. The van der Waals surface area contributed by atoms with Crippen LogP contribution in [0.4, 0.5) is 0 Å². The van der Waals surface area contributed by atoms with E-state index in [-0.39, 0.29) is 5.97 Å². The van der Waals surface area contributed by atoms with Crippen molar-refractivity contribution in [3.63, 3.8) is 0 Å². The molecule has 0 saturated heterocycles. The summed E-state index contributed by atoms with van der Waals surface area (Å²) >= 11 is 3.50. The average Bonchev–Trinajstić information content (AvgIpc) is 3.18. The van der Waals surface area contributed by atoms with Gasteiger partial charge in [0.05, 0.1) is 12.8 Å². The van der Waals surface area contributed by atoms with E-state index in [1.54, 1.807) is 6.20 Å². The third-order valence-electron chi connectivity index (χ3n) is 4.82. The largest absolute Gasteiger partial charge is 0.462 e. The second kappa shape index (κ2) is 10.2. The Labute approximate surface area is 174 Å². The van der Waals surface area contributed by atoms with E-state index in [1.807, 2.05) is 13.0 Å². The predicted molar refractivity (Wildman–Crippen MR) is 114 cm³/mol. The minimum Gasteiger partial charge on any atom is -0.462 e. The molecule has 0 aliphatic heterocycles. The molecule has 1 unspecified atom stereocenters. The number of H-pyrrole nitrogens is 1. The number of esters is 1. The maximum atomic E-state index is 12.1. The number of hydrogen-bond acceptors (Lipinski definition) is 3. The fourth-order valence-corrected chi connectivity index (χ4v) is 3.68. The Bertz CT molecular complexity index is 875. The summed E-state index contributed by atoms with van der Waals surface area (Å²) in [6.45, 7) is 2.18. The van der Waals surface area contributed by atoms with Gasteiger partial charge in [0.2, 0.25) is 0 Å². The van der Waals surface area contributed by atoms with Crippen molar-refractivity contribution < 1.29 is 9.53 Å². The SMILES string of the molecule is CCOC(=O)c1cn[nH]c1CCC(Cc1ccccc1)Cc1ccc(Br)cc1. The molecule has 5 heteroatoms. The molecule has 1 aromatic heterocycles. The fraction of sp³-hybridized carbons (Fsp3) is 0.304. The number of rotatable bonds is 9. The summed E-state index contributed by atoms with van der Waals surface area (Å²) in [6, 6.07) is 19.1. The molecular weight excluding hydrogens is 416 g/mol. The average molecular weight is 441 g/mol. The number of ether oxygens (including phenoxy) is 1. The maximum Gasteiger partial charge on any atom is 0.341 e. The number of nitrogens with zero attached hydrogens (tertiary/aromatic N) is 1. The molecule has 0 saturated carbocycles. The van der Waals surface area contributed by atoms with Crippen molar-refractivity contribution in [1.82, 2.24) is 10.2 Å². The highest BCUT2D eigenvalue weighted by Gasteiger charge is 2.17. The summed E-state index contributed by atoms with van der Waals surface area (Å²) in [6.07, 6.45) is 5.28. The topological polar surface area (TPSA) is 55.0 Å². The lowest BCUT2D eigenvalue weighted by atomic mass is 9.88. The minimum atomic E-state index is -0.307. The molecule has 0 bridgehead atoms.